The van der Waals surface area contributed by atoms with Crippen molar-refractivity contribution in [1.82, 2.24) is 20.3 Å². The summed E-state index contributed by atoms with van der Waals surface area (Å²) in [5.74, 6) is 0.873. The maximum atomic E-state index is 6.00. The summed E-state index contributed by atoms with van der Waals surface area (Å²) in [5.41, 5.74) is 0.678. The van der Waals surface area contributed by atoms with Crippen molar-refractivity contribution in [2.24, 2.45) is 0 Å². The molecule has 1 N–H and O–H groups in total. The lowest BCUT2D eigenvalue weighted by Gasteiger charge is -2.27. The minimum atomic E-state index is 0.246. The van der Waals surface area contributed by atoms with Crippen LogP contribution in [0, 0.1) is 0 Å². The Morgan fingerprint density at radius 1 is 1.32 bits per heavy atom. The van der Waals surface area contributed by atoms with Crippen molar-refractivity contribution in [3.05, 3.63) is 10.3 Å². The van der Waals surface area contributed by atoms with E-state index < -0.39 is 0 Å². The summed E-state index contributed by atoms with van der Waals surface area (Å²) in [6.45, 7) is 3.79. The zero-order valence-corrected chi connectivity index (χ0v) is 12.1. The van der Waals surface area contributed by atoms with Gasteiger partial charge in [0.15, 0.2) is 11.5 Å². The number of nitrogens with one attached hydrogen (secondary N) is 1. The van der Waals surface area contributed by atoms with Gasteiger partial charge in [0.05, 0.1) is 13.2 Å². The van der Waals surface area contributed by atoms with E-state index in [1.165, 1.54) is 0 Å². The first-order chi connectivity index (χ1) is 9.28. The predicted octanol–water partition coefficient (Wildman–Crippen LogP) is 1.30. The normalized spacial score (nSPS) is 16.2. The van der Waals surface area contributed by atoms with Gasteiger partial charge >= 0.3 is 0 Å². The Labute approximate surface area is 119 Å². The van der Waals surface area contributed by atoms with E-state index in [-0.39, 0.29) is 5.28 Å². The van der Waals surface area contributed by atoms with E-state index in [1.54, 1.807) is 11.3 Å². The highest BCUT2D eigenvalue weighted by Gasteiger charge is 2.19. The van der Waals surface area contributed by atoms with Crippen LogP contribution in [-0.4, -0.2) is 48.3 Å². The molecule has 102 valence electrons. The summed E-state index contributed by atoms with van der Waals surface area (Å²) in [7, 11) is 1.90. The molecule has 0 aliphatic carbocycles. The summed E-state index contributed by atoms with van der Waals surface area (Å²) in [6.07, 6.45) is 0. The molecule has 6 nitrogen and oxygen atoms in total. The summed E-state index contributed by atoms with van der Waals surface area (Å²) in [5, 5.41) is 4.33. The van der Waals surface area contributed by atoms with E-state index in [1.807, 2.05) is 7.05 Å². The third-order valence-corrected chi connectivity index (χ3v) is 4.10. The summed E-state index contributed by atoms with van der Waals surface area (Å²) in [6, 6.07) is 0. The van der Waals surface area contributed by atoms with Gasteiger partial charge in [0, 0.05) is 19.6 Å². The smallest absolute Gasteiger partial charge is 0.226 e. The van der Waals surface area contributed by atoms with Gasteiger partial charge in [0.2, 0.25) is 5.28 Å². The first-order valence-electron chi connectivity index (χ1n) is 6.08. The van der Waals surface area contributed by atoms with Crippen molar-refractivity contribution in [1.29, 1.82) is 0 Å². The molecule has 8 heteroatoms. The molecule has 0 atom stereocenters. The maximum Gasteiger partial charge on any atom is 0.226 e. The van der Waals surface area contributed by atoms with Crippen LogP contribution < -0.4 is 10.2 Å². The number of thiazole rings is 1. The molecule has 0 unspecified atom stereocenters. The van der Waals surface area contributed by atoms with Crippen LogP contribution in [0.5, 0.6) is 0 Å². The number of nitrogens with zero attached hydrogens (tertiary/aromatic N) is 4. The molecule has 0 aromatic carbocycles. The third-order valence-electron chi connectivity index (χ3n) is 2.89. The number of ether oxygens (including phenoxy) is 1. The van der Waals surface area contributed by atoms with Crippen molar-refractivity contribution < 1.29 is 4.74 Å². The minimum absolute atomic E-state index is 0.246. The van der Waals surface area contributed by atoms with Crippen molar-refractivity contribution in [3.63, 3.8) is 0 Å². The van der Waals surface area contributed by atoms with E-state index in [9.17, 15) is 0 Å². The fraction of sp³-hybridized carbons (Fsp3) is 0.545. The van der Waals surface area contributed by atoms with E-state index in [0.29, 0.717) is 18.9 Å². The average molecular weight is 300 g/mol. The zero-order chi connectivity index (χ0) is 13.2. The van der Waals surface area contributed by atoms with Gasteiger partial charge < -0.3 is 15.0 Å². The lowest BCUT2D eigenvalue weighted by Crippen LogP contribution is -2.36. The van der Waals surface area contributed by atoms with Crippen LogP contribution in [0.3, 0.4) is 0 Å². The van der Waals surface area contributed by atoms with Crippen LogP contribution in [0.4, 0.5) is 5.82 Å². The van der Waals surface area contributed by atoms with Crippen LogP contribution in [0.2, 0.25) is 5.28 Å². The molecule has 2 aromatic heterocycles. The van der Waals surface area contributed by atoms with Gasteiger partial charge in [-0.2, -0.15) is 9.97 Å². The van der Waals surface area contributed by atoms with E-state index in [0.717, 1.165) is 35.2 Å². The number of hydrogen-bond donors (Lipinski definition) is 1. The van der Waals surface area contributed by atoms with Gasteiger partial charge in [-0.3, -0.25) is 0 Å². The van der Waals surface area contributed by atoms with Gasteiger partial charge in [-0.15, -0.1) is 11.3 Å². The molecule has 1 saturated heterocycles. The van der Waals surface area contributed by atoms with Crippen LogP contribution in [-0.2, 0) is 11.3 Å². The molecular formula is C11H14ClN5OS. The second-order valence-electron chi connectivity index (χ2n) is 4.21. The summed E-state index contributed by atoms with van der Waals surface area (Å²) < 4.78 is 6.36. The van der Waals surface area contributed by atoms with Crippen molar-refractivity contribution in [2.75, 3.05) is 38.3 Å². The van der Waals surface area contributed by atoms with E-state index >= 15 is 0 Å². The SMILES string of the molecule is CNCc1nc2nc(Cl)nc(N3CCOCC3)c2s1. The molecule has 1 aliphatic rings. The number of aromatic nitrogens is 3. The first kappa shape index (κ1) is 13.0. The molecule has 3 heterocycles. The van der Waals surface area contributed by atoms with Crippen molar-refractivity contribution in [3.8, 4) is 0 Å². The number of anilines is 1. The highest BCUT2D eigenvalue weighted by atomic mass is 35.5. The van der Waals surface area contributed by atoms with Crippen LogP contribution in [0.15, 0.2) is 0 Å². The lowest BCUT2D eigenvalue weighted by molar-refractivity contribution is 0.122. The third kappa shape index (κ3) is 2.64. The highest BCUT2D eigenvalue weighted by Crippen LogP contribution is 2.31. The molecule has 0 amide bonds. The standard InChI is InChI=1S/C11H14ClN5OS/c1-13-6-7-14-9-8(19-7)10(16-11(12)15-9)17-2-4-18-5-3-17/h13H,2-6H2,1H3. The van der Waals surface area contributed by atoms with Crippen molar-refractivity contribution in [2.45, 2.75) is 6.54 Å². The molecule has 2 aromatic rings. The lowest BCUT2D eigenvalue weighted by atomic mass is 10.4. The molecular weight excluding hydrogens is 286 g/mol. The molecule has 0 radical (unpaired) electrons. The fourth-order valence-corrected chi connectivity index (χ4v) is 3.24. The quantitative estimate of drug-likeness (QED) is 0.862. The number of halogens is 1. The molecule has 3 rings (SSSR count). The number of rotatable bonds is 3. The second-order valence-corrected chi connectivity index (χ2v) is 5.63. The fourth-order valence-electron chi connectivity index (χ4n) is 2.04. The maximum absolute atomic E-state index is 6.00. The number of morpholine rings is 1. The molecule has 1 aliphatic heterocycles. The second kappa shape index (κ2) is 5.54. The zero-order valence-electron chi connectivity index (χ0n) is 10.5. The van der Waals surface area contributed by atoms with E-state index in [2.05, 4.69) is 25.2 Å². The van der Waals surface area contributed by atoms with Gasteiger partial charge in [-0.25, -0.2) is 4.98 Å². The van der Waals surface area contributed by atoms with Gasteiger partial charge in [0.1, 0.15) is 9.71 Å². The monoisotopic (exact) mass is 299 g/mol. The van der Waals surface area contributed by atoms with Crippen LogP contribution in [0.1, 0.15) is 5.01 Å². The molecule has 1 fully saturated rings. The first-order valence-corrected chi connectivity index (χ1v) is 7.27. The van der Waals surface area contributed by atoms with Gasteiger partial charge in [0.25, 0.3) is 0 Å². The Morgan fingerprint density at radius 2 is 2.11 bits per heavy atom. The molecule has 0 saturated carbocycles. The minimum Gasteiger partial charge on any atom is -0.378 e. The Bertz CT molecular complexity index is 584. The Balaban J connectivity index is 2.05. The van der Waals surface area contributed by atoms with Crippen LogP contribution in [0.25, 0.3) is 10.3 Å². The highest BCUT2D eigenvalue weighted by molar-refractivity contribution is 7.19. The topological polar surface area (TPSA) is 63.2 Å². The summed E-state index contributed by atoms with van der Waals surface area (Å²) in [4.78, 5) is 15.2. The molecule has 0 bridgehead atoms. The number of hydrogen-bond acceptors (Lipinski definition) is 7. The van der Waals surface area contributed by atoms with Crippen LogP contribution >= 0.6 is 22.9 Å². The number of fused-ring (bicyclic) bond motifs is 1. The Kier molecular flexibility index (Phi) is 3.79. The van der Waals surface area contributed by atoms with Gasteiger partial charge in [-0.1, -0.05) is 0 Å². The summed E-state index contributed by atoms with van der Waals surface area (Å²) >= 11 is 7.61. The predicted molar refractivity (Wildman–Crippen MR) is 76.0 cm³/mol. The van der Waals surface area contributed by atoms with Crippen molar-refractivity contribution >= 4 is 39.1 Å². The molecule has 0 spiro atoms. The average Bonchev–Trinajstić information content (AvgIpc) is 2.81. The Morgan fingerprint density at radius 3 is 2.84 bits per heavy atom. The van der Waals surface area contributed by atoms with Gasteiger partial charge in [-0.05, 0) is 18.6 Å². The largest absolute Gasteiger partial charge is 0.378 e. The Hall–Kier alpha value is -1.02. The molecule has 19 heavy (non-hydrogen) atoms. The van der Waals surface area contributed by atoms with E-state index in [4.69, 9.17) is 16.3 Å².